The molecular weight excluding hydrogens is 320 g/mol. The number of hydrogen-bond acceptors (Lipinski definition) is 5. The zero-order valence-corrected chi connectivity index (χ0v) is 14.3. The summed E-state index contributed by atoms with van der Waals surface area (Å²) >= 11 is 0. The van der Waals surface area contributed by atoms with Gasteiger partial charge in [-0.25, -0.2) is 4.68 Å². The number of carbonyl (C=O) groups excluding carboxylic acids is 1. The van der Waals surface area contributed by atoms with Crippen molar-refractivity contribution in [3.05, 3.63) is 40.1 Å². The summed E-state index contributed by atoms with van der Waals surface area (Å²) in [6.07, 6.45) is 5.73. The lowest BCUT2D eigenvalue weighted by Gasteiger charge is -2.31. The molecule has 2 aliphatic rings. The summed E-state index contributed by atoms with van der Waals surface area (Å²) in [4.78, 5) is 26.3. The molecule has 3 heterocycles. The van der Waals surface area contributed by atoms with Gasteiger partial charge in [-0.1, -0.05) is 5.21 Å². The Morgan fingerprint density at radius 3 is 2.60 bits per heavy atom. The number of nitrogens with zero attached hydrogens (tertiary/aromatic N) is 6. The Bertz CT molecular complexity index is 830. The average Bonchev–Trinajstić information content (AvgIpc) is 3.38. The molecule has 1 aliphatic carbocycles. The van der Waals surface area contributed by atoms with Gasteiger partial charge >= 0.3 is 0 Å². The number of amides is 1. The molecule has 8 nitrogen and oxygen atoms in total. The summed E-state index contributed by atoms with van der Waals surface area (Å²) in [5, 5.41) is 12.2. The first kappa shape index (κ1) is 16.0. The smallest absolute Gasteiger partial charge is 0.276 e. The topological polar surface area (TPSA) is 85.9 Å². The van der Waals surface area contributed by atoms with Crippen LogP contribution in [0, 0.1) is 5.92 Å². The molecule has 2 aromatic rings. The fourth-order valence-electron chi connectivity index (χ4n) is 3.36. The Balaban J connectivity index is 1.37. The molecule has 132 valence electrons. The molecule has 0 spiro atoms. The standard InChI is InChI=1S/C17H22N6O2/c1-21-11-15(18-20-21)17(25)22-8-6-12(7-9-22)10-23-16(24)5-4-14(19-23)13-2-3-13/h4-5,11-13H,2-3,6-10H2,1H3. The van der Waals surface area contributed by atoms with Crippen LogP contribution in [0.4, 0.5) is 0 Å². The normalized spacial score (nSPS) is 18.5. The summed E-state index contributed by atoms with van der Waals surface area (Å²) in [6.45, 7) is 1.99. The summed E-state index contributed by atoms with van der Waals surface area (Å²) < 4.78 is 3.14. The first-order chi connectivity index (χ1) is 12.1. The van der Waals surface area contributed by atoms with Gasteiger partial charge in [-0.2, -0.15) is 5.10 Å². The second-order valence-corrected chi connectivity index (χ2v) is 7.07. The molecule has 0 radical (unpaired) electrons. The number of likely N-dealkylation sites (tertiary alicyclic amines) is 1. The monoisotopic (exact) mass is 342 g/mol. The Morgan fingerprint density at radius 2 is 1.96 bits per heavy atom. The van der Waals surface area contributed by atoms with Gasteiger partial charge in [0.15, 0.2) is 5.69 Å². The molecule has 1 saturated heterocycles. The van der Waals surface area contributed by atoms with Crippen LogP contribution in [0.3, 0.4) is 0 Å². The number of carbonyl (C=O) groups is 1. The van der Waals surface area contributed by atoms with Crippen LogP contribution >= 0.6 is 0 Å². The Labute approximate surface area is 145 Å². The first-order valence-electron chi connectivity index (χ1n) is 8.84. The minimum Gasteiger partial charge on any atom is -0.337 e. The molecule has 0 bridgehead atoms. The molecule has 1 saturated carbocycles. The highest BCUT2D eigenvalue weighted by Gasteiger charge is 2.27. The van der Waals surface area contributed by atoms with Crippen LogP contribution in [0.15, 0.2) is 23.1 Å². The van der Waals surface area contributed by atoms with Crippen molar-refractivity contribution in [2.24, 2.45) is 13.0 Å². The second-order valence-electron chi connectivity index (χ2n) is 7.07. The van der Waals surface area contributed by atoms with Gasteiger partial charge in [-0.05, 0) is 37.7 Å². The van der Waals surface area contributed by atoms with Crippen molar-refractivity contribution in [1.29, 1.82) is 0 Å². The van der Waals surface area contributed by atoms with Gasteiger partial charge in [0.05, 0.1) is 11.9 Å². The largest absolute Gasteiger partial charge is 0.337 e. The van der Waals surface area contributed by atoms with Crippen LogP contribution in [0.2, 0.25) is 0 Å². The number of aryl methyl sites for hydroxylation is 1. The van der Waals surface area contributed by atoms with Crippen LogP contribution in [0.5, 0.6) is 0 Å². The number of aromatic nitrogens is 5. The van der Waals surface area contributed by atoms with Crippen LogP contribution in [-0.4, -0.2) is 48.7 Å². The maximum atomic E-state index is 12.4. The number of rotatable bonds is 4. The molecule has 4 rings (SSSR count). The minimum absolute atomic E-state index is 0.0394. The summed E-state index contributed by atoms with van der Waals surface area (Å²) in [6, 6.07) is 3.49. The van der Waals surface area contributed by atoms with Crippen LogP contribution in [-0.2, 0) is 13.6 Å². The van der Waals surface area contributed by atoms with Crippen molar-refractivity contribution >= 4 is 5.91 Å². The van der Waals surface area contributed by atoms with Gasteiger partial charge < -0.3 is 4.90 Å². The Kier molecular flexibility index (Phi) is 4.10. The van der Waals surface area contributed by atoms with Crippen molar-refractivity contribution in [2.45, 2.75) is 38.1 Å². The van der Waals surface area contributed by atoms with Crippen molar-refractivity contribution < 1.29 is 4.79 Å². The van der Waals surface area contributed by atoms with Gasteiger partial charge in [0.2, 0.25) is 0 Å². The van der Waals surface area contributed by atoms with Crippen LogP contribution in [0.1, 0.15) is 47.8 Å². The molecule has 0 unspecified atom stereocenters. The molecule has 1 aliphatic heterocycles. The van der Waals surface area contributed by atoms with E-state index in [-0.39, 0.29) is 11.5 Å². The van der Waals surface area contributed by atoms with Gasteiger partial charge in [0.25, 0.3) is 11.5 Å². The van der Waals surface area contributed by atoms with E-state index in [0.717, 1.165) is 18.5 Å². The van der Waals surface area contributed by atoms with Gasteiger partial charge in [-0.15, -0.1) is 5.10 Å². The molecule has 1 amide bonds. The van der Waals surface area contributed by atoms with Gasteiger partial charge in [-0.3, -0.25) is 14.3 Å². The van der Waals surface area contributed by atoms with Crippen molar-refractivity contribution in [3.63, 3.8) is 0 Å². The quantitative estimate of drug-likeness (QED) is 0.820. The fourth-order valence-corrected chi connectivity index (χ4v) is 3.36. The summed E-state index contributed by atoms with van der Waals surface area (Å²) in [5.41, 5.74) is 1.38. The minimum atomic E-state index is -0.0717. The highest BCUT2D eigenvalue weighted by Crippen LogP contribution is 2.38. The maximum absolute atomic E-state index is 12.4. The van der Waals surface area contributed by atoms with Crippen molar-refractivity contribution in [2.75, 3.05) is 13.1 Å². The lowest BCUT2D eigenvalue weighted by Crippen LogP contribution is -2.40. The highest BCUT2D eigenvalue weighted by molar-refractivity contribution is 5.91. The lowest BCUT2D eigenvalue weighted by molar-refractivity contribution is 0.0674. The second kappa shape index (κ2) is 6.42. The van der Waals surface area contributed by atoms with Crippen LogP contribution < -0.4 is 5.56 Å². The zero-order valence-electron chi connectivity index (χ0n) is 14.3. The van der Waals surface area contributed by atoms with Gasteiger partial charge in [0.1, 0.15) is 0 Å². The molecular formula is C17H22N6O2. The molecule has 25 heavy (non-hydrogen) atoms. The fraction of sp³-hybridized carbons (Fsp3) is 0.588. The molecule has 0 aromatic carbocycles. The molecule has 0 N–H and O–H groups in total. The summed E-state index contributed by atoms with van der Waals surface area (Å²) in [5.74, 6) is 0.835. The van der Waals surface area contributed by atoms with Crippen molar-refractivity contribution in [3.8, 4) is 0 Å². The molecule has 2 aromatic heterocycles. The number of piperidine rings is 1. The molecule has 0 atom stereocenters. The van der Waals surface area contributed by atoms with E-state index in [9.17, 15) is 9.59 Å². The van der Waals surface area contributed by atoms with Crippen molar-refractivity contribution in [1.82, 2.24) is 29.7 Å². The van der Waals surface area contributed by atoms with E-state index in [1.807, 2.05) is 11.0 Å². The number of hydrogen-bond donors (Lipinski definition) is 0. The van der Waals surface area contributed by atoms with E-state index >= 15 is 0 Å². The maximum Gasteiger partial charge on any atom is 0.276 e. The third kappa shape index (κ3) is 3.47. The third-order valence-corrected chi connectivity index (χ3v) is 5.04. The Morgan fingerprint density at radius 1 is 1.20 bits per heavy atom. The molecule has 2 fully saturated rings. The zero-order chi connectivity index (χ0) is 17.4. The predicted octanol–water partition coefficient (Wildman–Crippen LogP) is 0.802. The average molecular weight is 342 g/mol. The van der Waals surface area contributed by atoms with E-state index in [2.05, 4.69) is 15.4 Å². The van der Waals surface area contributed by atoms with E-state index in [1.54, 1.807) is 24.0 Å². The Hall–Kier alpha value is -2.51. The van der Waals surface area contributed by atoms with E-state index in [1.165, 1.54) is 17.5 Å². The lowest BCUT2D eigenvalue weighted by atomic mass is 9.96. The SMILES string of the molecule is Cn1cc(C(=O)N2CCC(Cn3nc(C4CC4)ccc3=O)CC2)nn1. The summed E-state index contributed by atoms with van der Waals surface area (Å²) in [7, 11) is 1.75. The van der Waals surface area contributed by atoms with E-state index < -0.39 is 0 Å². The van der Waals surface area contributed by atoms with Crippen LogP contribution in [0.25, 0.3) is 0 Å². The highest BCUT2D eigenvalue weighted by atomic mass is 16.2. The molecule has 8 heteroatoms. The first-order valence-corrected chi connectivity index (χ1v) is 8.84. The van der Waals surface area contributed by atoms with Gasteiger partial charge in [0, 0.05) is 38.7 Å². The van der Waals surface area contributed by atoms with E-state index in [4.69, 9.17) is 0 Å². The predicted molar refractivity (Wildman–Crippen MR) is 90.1 cm³/mol. The van der Waals surface area contributed by atoms with E-state index in [0.29, 0.717) is 37.2 Å². The third-order valence-electron chi connectivity index (χ3n) is 5.04.